The number of fused-ring (bicyclic) bond motifs is 1. The van der Waals surface area contributed by atoms with E-state index in [1.165, 1.54) is 25.7 Å². The number of imidazole rings is 1. The number of rotatable bonds is 3. The Morgan fingerprint density at radius 3 is 2.68 bits per heavy atom. The van der Waals surface area contributed by atoms with Gasteiger partial charge in [0.1, 0.15) is 11.3 Å². The van der Waals surface area contributed by atoms with Crippen LogP contribution in [0, 0.1) is 17.8 Å². The lowest BCUT2D eigenvalue weighted by Crippen LogP contribution is -1.97. The van der Waals surface area contributed by atoms with E-state index in [9.17, 15) is 0 Å². The summed E-state index contributed by atoms with van der Waals surface area (Å²) < 4.78 is 7.62. The fraction of sp³-hybridized carbons (Fsp3) is 0.318. The van der Waals surface area contributed by atoms with Crippen molar-refractivity contribution in [2.45, 2.75) is 32.1 Å². The van der Waals surface area contributed by atoms with Gasteiger partial charge < -0.3 is 4.74 Å². The smallest absolute Gasteiger partial charge is 0.200 e. The summed E-state index contributed by atoms with van der Waals surface area (Å²) in [4.78, 5) is 4.54. The van der Waals surface area contributed by atoms with Crippen molar-refractivity contribution < 1.29 is 4.74 Å². The van der Waals surface area contributed by atoms with Crippen LogP contribution in [-0.2, 0) is 0 Å². The van der Waals surface area contributed by atoms with Gasteiger partial charge >= 0.3 is 0 Å². The number of methoxy groups -OCH3 is 1. The average Bonchev–Trinajstić information content (AvgIpc) is 3.32. The molecule has 1 saturated carbocycles. The summed E-state index contributed by atoms with van der Waals surface area (Å²) >= 11 is 0. The van der Waals surface area contributed by atoms with E-state index in [1.807, 2.05) is 34.9 Å². The zero-order chi connectivity index (χ0) is 17.1. The molecule has 0 spiro atoms. The van der Waals surface area contributed by atoms with Crippen LogP contribution in [0.3, 0.4) is 0 Å². The Morgan fingerprint density at radius 1 is 1.12 bits per heavy atom. The quantitative estimate of drug-likeness (QED) is 0.636. The summed E-state index contributed by atoms with van der Waals surface area (Å²) in [7, 11) is 1.69. The SMILES string of the molecule is COc1cc(-c2ccccc2)cc2ncc(C#CCC3CCCC3)n12. The number of aromatic nitrogens is 2. The van der Waals surface area contributed by atoms with Crippen molar-refractivity contribution >= 4 is 5.65 Å². The van der Waals surface area contributed by atoms with Gasteiger partial charge in [-0.2, -0.15) is 0 Å². The predicted octanol–water partition coefficient (Wildman–Crippen LogP) is 4.94. The molecular formula is C22H22N2O. The first-order chi connectivity index (χ1) is 12.3. The third-order valence-electron chi connectivity index (χ3n) is 4.97. The van der Waals surface area contributed by atoms with Crippen LogP contribution in [0.5, 0.6) is 5.88 Å². The highest BCUT2D eigenvalue weighted by molar-refractivity contribution is 5.69. The largest absolute Gasteiger partial charge is 0.482 e. The minimum atomic E-state index is 0.763. The molecular weight excluding hydrogens is 308 g/mol. The maximum absolute atomic E-state index is 5.62. The second-order valence-corrected chi connectivity index (χ2v) is 6.65. The molecule has 0 bridgehead atoms. The summed E-state index contributed by atoms with van der Waals surface area (Å²) in [5, 5.41) is 0. The third kappa shape index (κ3) is 3.25. The Balaban J connectivity index is 1.69. The number of benzene rings is 1. The van der Waals surface area contributed by atoms with Crippen molar-refractivity contribution in [1.82, 2.24) is 9.38 Å². The molecule has 0 atom stereocenters. The Hall–Kier alpha value is -2.73. The predicted molar refractivity (Wildman–Crippen MR) is 101 cm³/mol. The molecule has 0 saturated heterocycles. The van der Waals surface area contributed by atoms with Crippen molar-refractivity contribution in [1.29, 1.82) is 0 Å². The number of nitrogens with zero attached hydrogens (tertiary/aromatic N) is 2. The Kier molecular flexibility index (Phi) is 4.43. The molecule has 1 aliphatic rings. The molecule has 25 heavy (non-hydrogen) atoms. The van der Waals surface area contributed by atoms with Crippen LogP contribution in [0.15, 0.2) is 48.7 Å². The molecule has 2 heterocycles. The van der Waals surface area contributed by atoms with Crippen LogP contribution in [0.25, 0.3) is 16.8 Å². The van der Waals surface area contributed by atoms with Gasteiger partial charge in [-0.1, -0.05) is 49.1 Å². The van der Waals surface area contributed by atoms with Gasteiger partial charge in [-0.15, -0.1) is 0 Å². The van der Waals surface area contributed by atoms with E-state index >= 15 is 0 Å². The highest BCUT2D eigenvalue weighted by atomic mass is 16.5. The topological polar surface area (TPSA) is 26.5 Å². The zero-order valence-electron chi connectivity index (χ0n) is 14.5. The van der Waals surface area contributed by atoms with E-state index in [4.69, 9.17) is 4.74 Å². The summed E-state index contributed by atoms with van der Waals surface area (Å²) in [5.74, 6) is 8.19. The van der Waals surface area contributed by atoms with Gasteiger partial charge in [0.2, 0.25) is 5.88 Å². The highest BCUT2D eigenvalue weighted by Gasteiger charge is 2.13. The monoisotopic (exact) mass is 330 g/mol. The first-order valence-electron chi connectivity index (χ1n) is 8.95. The maximum atomic E-state index is 5.62. The molecule has 1 fully saturated rings. The van der Waals surface area contributed by atoms with E-state index in [2.05, 4.69) is 35.0 Å². The summed E-state index contributed by atoms with van der Waals surface area (Å²) in [5.41, 5.74) is 4.01. The van der Waals surface area contributed by atoms with Gasteiger partial charge in [0.05, 0.1) is 13.3 Å². The van der Waals surface area contributed by atoms with Crippen LogP contribution in [0.1, 0.15) is 37.8 Å². The molecule has 126 valence electrons. The van der Waals surface area contributed by atoms with Crippen LogP contribution in [0.4, 0.5) is 0 Å². The minimum absolute atomic E-state index is 0.763. The number of ether oxygens (including phenoxy) is 1. The van der Waals surface area contributed by atoms with Crippen molar-refractivity contribution in [3.05, 3.63) is 54.4 Å². The molecule has 0 aliphatic heterocycles. The van der Waals surface area contributed by atoms with Crippen molar-refractivity contribution in [3.63, 3.8) is 0 Å². The second kappa shape index (κ2) is 7.03. The fourth-order valence-corrected chi connectivity index (χ4v) is 3.61. The van der Waals surface area contributed by atoms with Crippen molar-refractivity contribution in [3.8, 4) is 28.8 Å². The third-order valence-corrected chi connectivity index (χ3v) is 4.97. The van der Waals surface area contributed by atoms with E-state index in [0.717, 1.165) is 40.7 Å². The van der Waals surface area contributed by atoms with Gasteiger partial charge in [-0.05, 0) is 41.9 Å². The lowest BCUT2D eigenvalue weighted by atomic mass is 10.1. The van der Waals surface area contributed by atoms with E-state index < -0.39 is 0 Å². The van der Waals surface area contributed by atoms with Crippen LogP contribution in [0.2, 0.25) is 0 Å². The molecule has 3 aromatic rings. The normalized spacial score (nSPS) is 14.4. The molecule has 3 nitrogen and oxygen atoms in total. The lowest BCUT2D eigenvalue weighted by Gasteiger charge is -2.09. The average molecular weight is 330 g/mol. The first-order valence-corrected chi connectivity index (χ1v) is 8.95. The standard InChI is InChI=1S/C22H22N2O/c1-25-22-15-19(18-11-3-2-4-12-18)14-21-23-16-20(24(21)22)13-7-10-17-8-5-6-9-17/h2-4,11-12,14-17H,5-6,8-10H2,1H3. The molecule has 2 aromatic heterocycles. The molecule has 1 aliphatic carbocycles. The zero-order valence-corrected chi connectivity index (χ0v) is 14.5. The molecule has 3 heteroatoms. The maximum Gasteiger partial charge on any atom is 0.200 e. The Morgan fingerprint density at radius 2 is 1.92 bits per heavy atom. The molecule has 0 amide bonds. The van der Waals surface area contributed by atoms with Gasteiger partial charge in [0, 0.05) is 12.5 Å². The lowest BCUT2D eigenvalue weighted by molar-refractivity contribution is 0.392. The van der Waals surface area contributed by atoms with Crippen LogP contribution < -0.4 is 4.74 Å². The van der Waals surface area contributed by atoms with Gasteiger partial charge in [0.15, 0.2) is 0 Å². The van der Waals surface area contributed by atoms with E-state index in [-0.39, 0.29) is 0 Å². The van der Waals surface area contributed by atoms with Crippen molar-refractivity contribution in [2.75, 3.05) is 7.11 Å². The van der Waals surface area contributed by atoms with E-state index in [1.54, 1.807) is 7.11 Å². The first kappa shape index (κ1) is 15.8. The highest BCUT2D eigenvalue weighted by Crippen LogP contribution is 2.28. The summed E-state index contributed by atoms with van der Waals surface area (Å²) in [6, 6.07) is 14.4. The van der Waals surface area contributed by atoms with Crippen molar-refractivity contribution in [2.24, 2.45) is 5.92 Å². The van der Waals surface area contributed by atoms with Gasteiger partial charge in [-0.3, -0.25) is 4.40 Å². The number of hydrogen-bond acceptors (Lipinski definition) is 2. The minimum Gasteiger partial charge on any atom is -0.482 e. The number of pyridine rings is 1. The number of hydrogen-bond donors (Lipinski definition) is 0. The van der Waals surface area contributed by atoms with Gasteiger partial charge in [0.25, 0.3) is 0 Å². The molecule has 0 N–H and O–H groups in total. The van der Waals surface area contributed by atoms with Gasteiger partial charge in [-0.25, -0.2) is 4.98 Å². The van der Waals surface area contributed by atoms with Crippen LogP contribution in [-0.4, -0.2) is 16.5 Å². The van der Waals surface area contributed by atoms with Crippen LogP contribution >= 0.6 is 0 Å². The Bertz CT molecular complexity index is 925. The molecule has 1 aromatic carbocycles. The molecule has 0 radical (unpaired) electrons. The Labute approximate surface area is 148 Å². The molecule has 0 unspecified atom stereocenters. The second-order valence-electron chi connectivity index (χ2n) is 6.65. The van der Waals surface area contributed by atoms with E-state index in [0.29, 0.717) is 0 Å². The summed E-state index contributed by atoms with van der Waals surface area (Å²) in [6.07, 6.45) is 8.19. The fourth-order valence-electron chi connectivity index (χ4n) is 3.61. The molecule has 4 rings (SSSR count). The summed E-state index contributed by atoms with van der Waals surface area (Å²) in [6.45, 7) is 0.